The molecule has 0 spiro atoms. The van der Waals surface area contributed by atoms with Crippen molar-refractivity contribution in [2.45, 2.75) is 45.1 Å². The number of hydrogen-bond acceptors (Lipinski definition) is 5. The van der Waals surface area contributed by atoms with Crippen molar-refractivity contribution >= 4 is 23.6 Å². The van der Waals surface area contributed by atoms with Crippen LogP contribution in [0.3, 0.4) is 0 Å². The highest BCUT2D eigenvalue weighted by Crippen LogP contribution is 2.21. The van der Waals surface area contributed by atoms with Crippen molar-refractivity contribution in [3.63, 3.8) is 0 Å². The molecule has 4 amide bonds. The summed E-state index contributed by atoms with van der Waals surface area (Å²) in [4.78, 5) is 53.8. The standard InChI is InChI=1S/C24H36N4O5/c1-18(29)25-16-22(30)26(2)15-9-12-20-24(32)27(3)14-8-7-11-19-10-5-6-13-21(19)33-17-23(31)28(20)4/h5-6,10,13,20H,7-9,11-12,14-17H2,1-4H3,(H,25,29)/t20-/m0/s1. The number of benzene rings is 1. The maximum absolute atomic E-state index is 13.2. The Morgan fingerprint density at radius 2 is 1.91 bits per heavy atom. The molecule has 0 radical (unpaired) electrons. The van der Waals surface area contributed by atoms with Gasteiger partial charge in [-0.15, -0.1) is 0 Å². The second-order valence-electron chi connectivity index (χ2n) is 8.50. The number of hydrogen-bond donors (Lipinski definition) is 1. The van der Waals surface area contributed by atoms with Gasteiger partial charge in [-0.25, -0.2) is 0 Å². The van der Waals surface area contributed by atoms with Gasteiger partial charge >= 0.3 is 0 Å². The summed E-state index contributed by atoms with van der Waals surface area (Å²) in [6.45, 7) is 2.17. The molecule has 0 unspecified atom stereocenters. The zero-order valence-corrected chi connectivity index (χ0v) is 20.1. The summed E-state index contributed by atoms with van der Waals surface area (Å²) in [5.41, 5.74) is 1.06. The number of rotatable bonds is 6. The smallest absolute Gasteiger partial charge is 0.260 e. The van der Waals surface area contributed by atoms with E-state index in [0.717, 1.165) is 24.8 Å². The van der Waals surface area contributed by atoms with Crippen molar-refractivity contribution in [1.29, 1.82) is 0 Å². The molecule has 0 fully saturated rings. The predicted octanol–water partition coefficient (Wildman–Crippen LogP) is 1.06. The fraction of sp³-hybridized carbons (Fsp3) is 0.583. The first kappa shape index (κ1) is 26.2. The van der Waals surface area contributed by atoms with Crippen LogP contribution in [0.2, 0.25) is 0 Å². The number of amides is 4. The quantitative estimate of drug-likeness (QED) is 0.685. The Morgan fingerprint density at radius 3 is 2.64 bits per heavy atom. The molecule has 9 heteroatoms. The molecular weight excluding hydrogens is 424 g/mol. The molecule has 1 aliphatic heterocycles. The molecule has 1 aliphatic rings. The van der Waals surface area contributed by atoms with Gasteiger partial charge in [0.15, 0.2) is 6.61 Å². The number of carbonyl (C=O) groups is 4. The lowest BCUT2D eigenvalue weighted by Crippen LogP contribution is -2.50. The summed E-state index contributed by atoms with van der Waals surface area (Å²) in [5, 5.41) is 2.49. The number of para-hydroxylation sites is 1. The maximum Gasteiger partial charge on any atom is 0.260 e. The average molecular weight is 461 g/mol. The minimum absolute atomic E-state index is 0.0614. The molecule has 0 aliphatic carbocycles. The molecule has 1 N–H and O–H groups in total. The molecule has 33 heavy (non-hydrogen) atoms. The van der Waals surface area contributed by atoms with Crippen LogP contribution in [0.5, 0.6) is 5.75 Å². The Balaban J connectivity index is 2.05. The number of nitrogens with one attached hydrogen (secondary N) is 1. The maximum atomic E-state index is 13.2. The van der Waals surface area contributed by atoms with Gasteiger partial charge in [-0.2, -0.15) is 0 Å². The van der Waals surface area contributed by atoms with E-state index in [-0.39, 0.29) is 36.8 Å². The molecule has 182 valence electrons. The lowest BCUT2D eigenvalue weighted by atomic mass is 10.1. The summed E-state index contributed by atoms with van der Waals surface area (Å²) in [6.07, 6.45) is 3.53. The fourth-order valence-corrected chi connectivity index (χ4v) is 3.76. The number of nitrogens with zero attached hydrogens (tertiary/aromatic N) is 3. The first-order valence-corrected chi connectivity index (χ1v) is 11.4. The van der Waals surface area contributed by atoms with Gasteiger partial charge in [-0.3, -0.25) is 19.2 Å². The summed E-state index contributed by atoms with van der Waals surface area (Å²) in [7, 11) is 5.04. The molecule has 9 nitrogen and oxygen atoms in total. The van der Waals surface area contributed by atoms with E-state index < -0.39 is 6.04 Å². The zero-order valence-electron chi connectivity index (χ0n) is 20.1. The molecule has 0 saturated carbocycles. The zero-order chi connectivity index (χ0) is 24.4. The average Bonchev–Trinajstić information content (AvgIpc) is 2.80. The van der Waals surface area contributed by atoms with Crippen molar-refractivity contribution in [2.75, 3.05) is 47.4 Å². The van der Waals surface area contributed by atoms with E-state index in [4.69, 9.17) is 4.74 Å². The Kier molecular flexibility index (Phi) is 10.2. The molecule has 1 aromatic carbocycles. The SMILES string of the molecule is CC(=O)NCC(=O)N(C)CCC[C@H]1C(=O)N(C)CCCCc2ccccc2OCC(=O)N1C. The van der Waals surface area contributed by atoms with Crippen molar-refractivity contribution < 1.29 is 23.9 Å². The van der Waals surface area contributed by atoms with Gasteiger partial charge < -0.3 is 24.8 Å². The lowest BCUT2D eigenvalue weighted by Gasteiger charge is -2.31. The molecule has 1 aromatic rings. The van der Waals surface area contributed by atoms with E-state index in [2.05, 4.69) is 5.32 Å². The van der Waals surface area contributed by atoms with Crippen LogP contribution in [0, 0.1) is 0 Å². The monoisotopic (exact) mass is 460 g/mol. The van der Waals surface area contributed by atoms with Gasteiger partial charge in [0.25, 0.3) is 5.91 Å². The van der Waals surface area contributed by atoms with Crippen LogP contribution in [0.25, 0.3) is 0 Å². The number of fused-ring (bicyclic) bond motifs is 1. The Bertz CT molecular complexity index is 844. The molecule has 1 heterocycles. The van der Waals surface area contributed by atoms with Crippen molar-refractivity contribution in [3.05, 3.63) is 29.8 Å². The van der Waals surface area contributed by atoms with Crippen molar-refractivity contribution in [1.82, 2.24) is 20.0 Å². The second-order valence-corrected chi connectivity index (χ2v) is 8.50. The van der Waals surface area contributed by atoms with E-state index in [9.17, 15) is 19.2 Å². The molecule has 0 saturated heterocycles. The van der Waals surface area contributed by atoms with Crippen molar-refractivity contribution in [2.24, 2.45) is 0 Å². The van der Waals surface area contributed by atoms with Crippen LogP contribution in [0.15, 0.2) is 24.3 Å². The highest BCUT2D eigenvalue weighted by molar-refractivity contribution is 5.88. The van der Waals surface area contributed by atoms with Crippen LogP contribution in [0.1, 0.15) is 38.2 Å². The van der Waals surface area contributed by atoms with Gasteiger partial charge in [0.05, 0.1) is 6.54 Å². The van der Waals surface area contributed by atoms with Crippen LogP contribution in [-0.2, 0) is 25.6 Å². The first-order chi connectivity index (χ1) is 15.7. The number of ether oxygens (including phenoxy) is 1. The summed E-state index contributed by atoms with van der Waals surface area (Å²) in [6, 6.07) is 7.07. The predicted molar refractivity (Wildman–Crippen MR) is 125 cm³/mol. The first-order valence-electron chi connectivity index (χ1n) is 11.4. The number of carbonyl (C=O) groups excluding carboxylic acids is 4. The van der Waals surface area contributed by atoms with E-state index in [1.807, 2.05) is 24.3 Å². The Morgan fingerprint density at radius 1 is 1.18 bits per heavy atom. The summed E-state index contributed by atoms with van der Waals surface area (Å²) >= 11 is 0. The van der Waals surface area contributed by atoms with Gasteiger partial charge in [-0.05, 0) is 43.7 Å². The van der Waals surface area contributed by atoms with Gasteiger partial charge in [-0.1, -0.05) is 18.2 Å². The van der Waals surface area contributed by atoms with Gasteiger partial charge in [0.1, 0.15) is 11.8 Å². The molecular formula is C24H36N4O5. The van der Waals surface area contributed by atoms with Crippen molar-refractivity contribution in [3.8, 4) is 5.75 Å². The highest BCUT2D eigenvalue weighted by atomic mass is 16.5. The van der Waals surface area contributed by atoms with E-state index in [1.165, 1.54) is 16.7 Å². The third-order valence-corrected chi connectivity index (χ3v) is 5.92. The van der Waals surface area contributed by atoms with Gasteiger partial charge in [0.2, 0.25) is 17.7 Å². The van der Waals surface area contributed by atoms with E-state index >= 15 is 0 Å². The summed E-state index contributed by atoms with van der Waals surface area (Å²) in [5.74, 6) is -0.158. The van der Waals surface area contributed by atoms with Crippen LogP contribution >= 0.6 is 0 Å². The minimum Gasteiger partial charge on any atom is -0.483 e. The van der Waals surface area contributed by atoms with Crippen LogP contribution in [-0.4, -0.2) is 91.8 Å². The molecule has 0 aromatic heterocycles. The lowest BCUT2D eigenvalue weighted by molar-refractivity contribution is -0.145. The normalized spacial score (nSPS) is 17.8. The largest absolute Gasteiger partial charge is 0.483 e. The Hall–Kier alpha value is -3.10. The minimum atomic E-state index is -0.638. The topological polar surface area (TPSA) is 99.3 Å². The van der Waals surface area contributed by atoms with Crippen LogP contribution in [0.4, 0.5) is 0 Å². The summed E-state index contributed by atoms with van der Waals surface area (Å²) < 4.78 is 5.81. The van der Waals surface area contributed by atoms with E-state index in [1.54, 1.807) is 26.0 Å². The highest BCUT2D eigenvalue weighted by Gasteiger charge is 2.29. The molecule has 0 bridgehead atoms. The molecule has 1 atom stereocenters. The second kappa shape index (κ2) is 12.8. The fourth-order valence-electron chi connectivity index (χ4n) is 3.76. The van der Waals surface area contributed by atoms with Crippen LogP contribution < -0.4 is 10.1 Å². The Labute approximate surface area is 196 Å². The third kappa shape index (κ3) is 8.07. The number of aryl methyl sites for hydroxylation is 1. The molecule has 2 rings (SSSR count). The third-order valence-electron chi connectivity index (χ3n) is 5.92. The number of likely N-dealkylation sites (N-methyl/N-ethyl adjacent to an activating group) is 3. The van der Waals surface area contributed by atoms with Gasteiger partial charge in [0, 0.05) is 41.2 Å². The van der Waals surface area contributed by atoms with E-state index in [0.29, 0.717) is 31.7 Å².